The largest absolute Gasteiger partial charge is 0.497 e. The number of thiophene rings is 1. The van der Waals surface area contributed by atoms with Crippen LogP contribution in [-0.2, 0) is 0 Å². The number of amides is 1. The van der Waals surface area contributed by atoms with Gasteiger partial charge in [-0.05, 0) is 49.7 Å². The number of rotatable bonds is 5. The number of carbonyl (C=O) groups is 1. The Hall–Kier alpha value is -3.12. The minimum absolute atomic E-state index is 0.0801. The van der Waals surface area contributed by atoms with Crippen LogP contribution in [0.15, 0.2) is 60.7 Å². The molecule has 0 spiro atoms. The van der Waals surface area contributed by atoms with Crippen molar-refractivity contribution >= 4 is 27.5 Å². The summed E-state index contributed by atoms with van der Waals surface area (Å²) in [7, 11) is 1.64. The van der Waals surface area contributed by atoms with Crippen molar-refractivity contribution in [3.05, 3.63) is 76.8 Å². The normalized spacial score (nSPS) is 12.1. The second kappa shape index (κ2) is 7.48. The molecule has 2 heterocycles. The van der Waals surface area contributed by atoms with Crippen molar-refractivity contribution in [3.63, 3.8) is 0 Å². The van der Waals surface area contributed by atoms with Crippen molar-refractivity contribution in [1.82, 2.24) is 15.1 Å². The predicted molar refractivity (Wildman–Crippen MR) is 113 cm³/mol. The first-order chi connectivity index (χ1) is 13.6. The lowest BCUT2D eigenvalue weighted by Gasteiger charge is -2.14. The molecule has 6 heteroatoms. The van der Waals surface area contributed by atoms with Crippen LogP contribution >= 0.6 is 11.3 Å². The first-order valence-electron chi connectivity index (χ1n) is 9.06. The lowest BCUT2D eigenvalue weighted by atomic mass is 10.1. The van der Waals surface area contributed by atoms with Crippen molar-refractivity contribution in [2.24, 2.45) is 0 Å². The van der Waals surface area contributed by atoms with Gasteiger partial charge in [0.25, 0.3) is 5.91 Å². The summed E-state index contributed by atoms with van der Waals surface area (Å²) >= 11 is 1.46. The van der Waals surface area contributed by atoms with Crippen LogP contribution in [-0.4, -0.2) is 22.8 Å². The van der Waals surface area contributed by atoms with E-state index in [1.54, 1.807) is 7.11 Å². The monoisotopic (exact) mass is 391 g/mol. The molecule has 0 saturated heterocycles. The van der Waals surface area contributed by atoms with E-state index in [9.17, 15) is 4.79 Å². The van der Waals surface area contributed by atoms with Gasteiger partial charge >= 0.3 is 0 Å². The van der Waals surface area contributed by atoms with Crippen molar-refractivity contribution < 1.29 is 9.53 Å². The van der Waals surface area contributed by atoms with Crippen LogP contribution in [0.25, 0.3) is 15.9 Å². The van der Waals surface area contributed by atoms with Gasteiger partial charge in [0.1, 0.15) is 10.6 Å². The van der Waals surface area contributed by atoms with Crippen molar-refractivity contribution in [2.75, 3.05) is 7.11 Å². The topological polar surface area (TPSA) is 56.1 Å². The van der Waals surface area contributed by atoms with Gasteiger partial charge in [-0.25, -0.2) is 4.68 Å². The number of aromatic nitrogens is 2. The summed E-state index contributed by atoms with van der Waals surface area (Å²) in [6.07, 6.45) is 0. The standard InChI is InChI=1S/C22H21N3O2S/c1-14(16-9-11-18(27-3)12-10-16)23-21(26)20-13-19-15(2)24-25(22(19)28-20)17-7-5-4-6-8-17/h4-14H,1-3H3,(H,23,26). The molecule has 0 aliphatic carbocycles. The van der Waals surface area contributed by atoms with Crippen LogP contribution in [0.5, 0.6) is 5.75 Å². The molecule has 0 bridgehead atoms. The van der Waals surface area contributed by atoms with Crippen molar-refractivity contribution in [3.8, 4) is 11.4 Å². The number of ether oxygens (including phenoxy) is 1. The minimum atomic E-state index is -0.102. The summed E-state index contributed by atoms with van der Waals surface area (Å²) in [4.78, 5) is 14.5. The molecular weight excluding hydrogens is 370 g/mol. The van der Waals surface area contributed by atoms with Crippen LogP contribution in [0.2, 0.25) is 0 Å². The zero-order chi connectivity index (χ0) is 19.7. The van der Waals surface area contributed by atoms with Crippen LogP contribution in [0.4, 0.5) is 0 Å². The quantitative estimate of drug-likeness (QED) is 0.527. The van der Waals surface area contributed by atoms with Gasteiger partial charge in [0.15, 0.2) is 0 Å². The van der Waals surface area contributed by atoms with E-state index < -0.39 is 0 Å². The van der Waals surface area contributed by atoms with Crippen LogP contribution < -0.4 is 10.1 Å². The smallest absolute Gasteiger partial charge is 0.261 e. The van der Waals surface area contributed by atoms with E-state index in [4.69, 9.17) is 4.74 Å². The van der Waals surface area contributed by atoms with E-state index in [1.165, 1.54) is 11.3 Å². The van der Waals surface area contributed by atoms with Gasteiger partial charge in [-0.3, -0.25) is 4.79 Å². The number of fused-ring (bicyclic) bond motifs is 1. The number of benzene rings is 2. The lowest BCUT2D eigenvalue weighted by molar-refractivity contribution is 0.0944. The van der Waals surface area contributed by atoms with E-state index in [0.29, 0.717) is 4.88 Å². The van der Waals surface area contributed by atoms with Gasteiger partial charge in [-0.1, -0.05) is 30.3 Å². The number of carbonyl (C=O) groups excluding carboxylic acids is 1. The maximum Gasteiger partial charge on any atom is 0.261 e. The molecule has 28 heavy (non-hydrogen) atoms. The third-order valence-corrected chi connectivity index (χ3v) is 5.84. The van der Waals surface area contributed by atoms with Gasteiger partial charge in [-0.2, -0.15) is 5.10 Å². The Kier molecular flexibility index (Phi) is 4.88. The first kappa shape index (κ1) is 18.3. The average Bonchev–Trinajstić information content (AvgIpc) is 3.29. The third-order valence-electron chi connectivity index (χ3n) is 4.73. The molecule has 0 radical (unpaired) electrons. The molecule has 0 saturated carbocycles. The highest BCUT2D eigenvalue weighted by Crippen LogP contribution is 2.30. The van der Waals surface area contributed by atoms with Gasteiger partial charge in [0.05, 0.1) is 29.4 Å². The molecule has 5 nitrogen and oxygen atoms in total. The second-order valence-corrected chi connectivity index (χ2v) is 7.66. The van der Waals surface area contributed by atoms with Crippen molar-refractivity contribution in [2.45, 2.75) is 19.9 Å². The molecule has 0 aliphatic heterocycles. The Labute approximate surface area is 167 Å². The lowest BCUT2D eigenvalue weighted by Crippen LogP contribution is -2.25. The molecule has 4 aromatic rings. The average molecular weight is 391 g/mol. The summed E-state index contributed by atoms with van der Waals surface area (Å²) in [5.74, 6) is 0.719. The Morgan fingerprint density at radius 2 is 1.86 bits per heavy atom. The van der Waals surface area contributed by atoms with E-state index in [1.807, 2.05) is 79.2 Å². The predicted octanol–water partition coefficient (Wildman–Crippen LogP) is 4.90. The molecule has 1 unspecified atom stereocenters. The summed E-state index contributed by atoms with van der Waals surface area (Å²) in [5, 5.41) is 8.72. The molecule has 0 fully saturated rings. The highest BCUT2D eigenvalue weighted by atomic mass is 32.1. The molecule has 4 rings (SSSR count). The molecule has 142 valence electrons. The minimum Gasteiger partial charge on any atom is -0.497 e. The number of hydrogen-bond donors (Lipinski definition) is 1. The van der Waals surface area contributed by atoms with E-state index >= 15 is 0 Å². The Balaban J connectivity index is 1.59. The summed E-state index contributed by atoms with van der Waals surface area (Å²) in [6.45, 7) is 3.94. The van der Waals surface area contributed by atoms with Crippen LogP contribution in [0, 0.1) is 6.92 Å². The van der Waals surface area contributed by atoms with Crippen LogP contribution in [0.3, 0.4) is 0 Å². The number of hydrogen-bond acceptors (Lipinski definition) is 4. The maximum atomic E-state index is 12.8. The number of para-hydroxylation sites is 1. The zero-order valence-corrected chi connectivity index (χ0v) is 16.8. The number of nitrogens with zero attached hydrogens (tertiary/aromatic N) is 2. The molecule has 1 amide bonds. The fraction of sp³-hybridized carbons (Fsp3) is 0.182. The Morgan fingerprint density at radius 1 is 1.14 bits per heavy atom. The van der Waals surface area contributed by atoms with E-state index in [-0.39, 0.29) is 11.9 Å². The molecule has 1 atom stereocenters. The Bertz CT molecular complexity index is 1110. The molecule has 0 aliphatic rings. The highest BCUT2D eigenvalue weighted by Gasteiger charge is 2.18. The van der Waals surface area contributed by atoms with Crippen molar-refractivity contribution in [1.29, 1.82) is 0 Å². The number of aryl methyl sites for hydroxylation is 1. The maximum absolute atomic E-state index is 12.8. The molecular formula is C22H21N3O2S. The second-order valence-electron chi connectivity index (χ2n) is 6.63. The summed E-state index contributed by atoms with van der Waals surface area (Å²) in [6, 6.07) is 19.5. The molecule has 2 aromatic carbocycles. The van der Waals surface area contributed by atoms with Crippen LogP contribution in [0.1, 0.15) is 33.9 Å². The van der Waals surface area contributed by atoms with E-state index in [0.717, 1.165) is 32.9 Å². The highest BCUT2D eigenvalue weighted by molar-refractivity contribution is 7.20. The van der Waals surface area contributed by atoms with Gasteiger partial charge in [-0.15, -0.1) is 11.3 Å². The Morgan fingerprint density at radius 3 is 2.54 bits per heavy atom. The van der Waals surface area contributed by atoms with E-state index in [2.05, 4.69) is 10.4 Å². The number of nitrogens with one attached hydrogen (secondary N) is 1. The number of methoxy groups -OCH3 is 1. The summed E-state index contributed by atoms with van der Waals surface area (Å²) in [5.41, 5.74) is 2.93. The van der Waals surface area contributed by atoms with Gasteiger partial charge in [0.2, 0.25) is 0 Å². The first-order valence-corrected chi connectivity index (χ1v) is 9.88. The third kappa shape index (κ3) is 3.39. The zero-order valence-electron chi connectivity index (χ0n) is 16.0. The van der Waals surface area contributed by atoms with Gasteiger partial charge in [0, 0.05) is 5.39 Å². The molecule has 1 N–H and O–H groups in total. The fourth-order valence-corrected chi connectivity index (χ4v) is 4.23. The fourth-order valence-electron chi connectivity index (χ4n) is 3.15. The van der Waals surface area contributed by atoms with Gasteiger partial charge < -0.3 is 10.1 Å². The summed E-state index contributed by atoms with van der Waals surface area (Å²) < 4.78 is 7.09. The molecule has 2 aromatic heterocycles. The SMILES string of the molecule is COc1ccc(C(C)NC(=O)c2cc3c(C)nn(-c4ccccc4)c3s2)cc1.